The van der Waals surface area contributed by atoms with Crippen molar-refractivity contribution in [1.82, 2.24) is 19.8 Å². The third kappa shape index (κ3) is 7.69. The standard InChI is InChI=1S/C31H36ClF3N10O/c1-3-38-25-26(41-30(42-27(25)36)45-15-13-44(14-16-45)22-9-11-43(2)12-10-22)28(37)40-24-17-19(7-8-23(24)32)29(46)39-21-6-4-5-20(18-21)31(33,34)35/h3-8,17-18,22,38H,1,9-16H2,2H3,(H2,37,40)(H,39,46)(H2,36,41,42). The van der Waals surface area contributed by atoms with Crippen molar-refractivity contribution in [2.24, 2.45) is 10.7 Å². The molecule has 0 atom stereocenters. The normalized spacial score (nSPS) is 17.2. The van der Waals surface area contributed by atoms with Crippen molar-refractivity contribution in [3.63, 3.8) is 0 Å². The highest BCUT2D eigenvalue weighted by atomic mass is 35.5. The maximum absolute atomic E-state index is 13.1. The summed E-state index contributed by atoms with van der Waals surface area (Å²) in [5, 5.41) is 5.59. The predicted molar refractivity (Wildman–Crippen MR) is 176 cm³/mol. The van der Waals surface area contributed by atoms with Crippen LogP contribution < -0.4 is 27.0 Å². The van der Waals surface area contributed by atoms with Gasteiger partial charge in [-0.25, -0.2) is 9.98 Å². The number of rotatable bonds is 8. The van der Waals surface area contributed by atoms with Crippen LogP contribution in [0.4, 0.5) is 42.0 Å². The second-order valence-electron chi connectivity index (χ2n) is 11.2. The topological polar surface area (TPSA) is 141 Å². The molecule has 3 heterocycles. The van der Waals surface area contributed by atoms with E-state index >= 15 is 0 Å². The van der Waals surface area contributed by atoms with Gasteiger partial charge in [-0.05, 0) is 75.6 Å². The molecule has 244 valence electrons. The molecule has 0 saturated carbocycles. The van der Waals surface area contributed by atoms with Gasteiger partial charge < -0.3 is 31.9 Å². The summed E-state index contributed by atoms with van der Waals surface area (Å²) in [7, 11) is 2.15. The van der Waals surface area contributed by atoms with Gasteiger partial charge >= 0.3 is 6.18 Å². The maximum atomic E-state index is 13.1. The monoisotopic (exact) mass is 656 g/mol. The molecule has 0 radical (unpaired) electrons. The number of nitrogens with zero attached hydrogens (tertiary/aromatic N) is 6. The molecular weight excluding hydrogens is 621 g/mol. The van der Waals surface area contributed by atoms with Crippen molar-refractivity contribution in [2.75, 3.05) is 67.6 Å². The number of nitrogens with two attached hydrogens (primary N) is 2. The molecular formula is C31H36ClF3N10O. The summed E-state index contributed by atoms with van der Waals surface area (Å²) in [6.07, 6.45) is -0.840. The Morgan fingerprint density at radius 3 is 2.48 bits per heavy atom. The van der Waals surface area contributed by atoms with Gasteiger partial charge in [0.2, 0.25) is 5.95 Å². The van der Waals surface area contributed by atoms with E-state index in [-0.39, 0.29) is 39.3 Å². The Hall–Kier alpha value is -4.40. The molecule has 5 rings (SSSR count). The summed E-state index contributed by atoms with van der Waals surface area (Å²) in [6.45, 7) is 9.06. The van der Waals surface area contributed by atoms with Crippen molar-refractivity contribution >= 4 is 52.2 Å². The molecule has 0 spiro atoms. The maximum Gasteiger partial charge on any atom is 0.416 e. The molecule has 2 aliphatic rings. The number of aliphatic imine (C=N–C) groups is 1. The molecule has 6 N–H and O–H groups in total. The number of hydrogen-bond acceptors (Lipinski definition) is 9. The number of hydrogen-bond donors (Lipinski definition) is 4. The third-order valence-electron chi connectivity index (χ3n) is 8.11. The molecule has 1 aromatic heterocycles. The number of likely N-dealkylation sites (tertiary alicyclic amines) is 1. The van der Waals surface area contributed by atoms with Gasteiger partial charge in [0.25, 0.3) is 5.91 Å². The lowest BCUT2D eigenvalue weighted by Gasteiger charge is -2.42. The second-order valence-corrected chi connectivity index (χ2v) is 11.6. The van der Waals surface area contributed by atoms with E-state index in [1.54, 1.807) is 0 Å². The number of carbonyl (C=O) groups is 1. The molecule has 2 saturated heterocycles. The van der Waals surface area contributed by atoms with Crippen LogP contribution in [0.2, 0.25) is 5.02 Å². The first-order valence-electron chi connectivity index (χ1n) is 14.8. The van der Waals surface area contributed by atoms with Crippen LogP contribution in [0, 0.1) is 0 Å². The van der Waals surface area contributed by atoms with E-state index in [2.05, 4.69) is 48.9 Å². The predicted octanol–water partition coefficient (Wildman–Crippen LogP) is 4.79. The molecule has 2 fully saturated rings. The van der Waals surface area contributed by atoms with Crippen LogP contribution in [0.1, 0.15) is 34.5 Å². The van der Waals surface area contributed by atoms with Crippen LogP contribution in [-0.2, 0) is 6.18 Å². The van der Waals surface area contributed by atoms with Gasteiger partial charge in [-0.3, -0.25) is 9.69 Å². The van der Waals surface area contributed by atoms with Crippen LogP contribution in [0.25, 0.3) is 0 Å². The minimum Gasteiger partial charge on any atom is -0.382 e. The highest BCUT2D eigenvalue weighted by Gasteiger charge is 2.31. The van der Waals surface area contributed by atoms with Gasteiger partial charge in [0, 0.05) is 43.5 Å². The Morgan fingerprint density at radius 1 is 1.09 bits per heavy atom. The smallest absolute Gasteiger partial charge is 0.382 e. The SMILES string of the molecule is C=CNc1c(N)nc(N2CCN(C3CCN(C)CC3)CC2)nc1C(N)=Nc1cc(C(=O)Nc2cccc(C(F)(F)F)c2)ccc1Cl. The number of piperazine rings is 1. The molecule has 1 amide bonds. The fourth-order valence-corrected chi connectivity index (χ4v) is 5.74. The number of aromatic nitrogens is 2. The Labute approximate surface area is 270 Å². The highest BCUT2D eigenvalue weighted by molar-refractivity contribution is 6.33. The first-order valence-corrected chi connectivity index (χ1v) is 15.2. The number of amides is 1. The van der Waals surface area contributed by atoms with E-state index in [0.717, 1.165) is 51.2 Å². The average Bonchev–Trinajstić information content (AvgIpc) is 3.03. The van der Waals surface area contributed by atoms with Gasteiger partial charge in [0.05, 0.1) is 16.3 Å². The number of amidine groups is 1. The molecule has 46 heavy (non-hydrogen) atoms. The number of anilines is 4. The van der Waals surface area contributed by atoms with Crippen molar-refractivity contribution in [3.05, 3.63) is 77.1 Å². The fraction of sp³-hybridized carbons (Fsp3) is 0.355. The molecule has 0 bridgehead atoms. The van der Waals surface area contributed by atoms with E-state index in [4.69, 9.17) is 28.1 Å². The Morgan fingerprint density at radius 2 is 1.80 bits per heavy atom. The summed E-state index contributed by atoms with van der Waals surface area (Å²) in [5.74, 6) is -0.158. The number of piperidine rings is 1. The zero-order valence-electron chi connectivity index (χ0n) is 25.3. The molecule has 2 aromatic carbocycles. The van der Waals surface area contributed by atoms with E-state index in [1.807, 2.05) is 0 Å². The molecule has 2 aliphatic heterocycles. The lowest BCUT2D eigenvalue weighted by atomic mass is 10.0. The first kappa shape index (κ1) is 33.0. The van der Waals surface area contributed by atoms with Crippen LogP contribution in [0.5, 0.6) is 0 Å². The lowest BCUT2D eigenvalue weighted by molar-refractivity contribution is -0.137. The zero-order chi connectivity index (χ0) is 33.0. The Kier molecular flexibility index (Phi) is 9.99. The average molecular weight is 657 g/mol. The molecule has 0 unspecified atom stereocenters. The van der Waals surface area contributed by atoms with Crippen molar-refractivity contribution in [1.29, 1.82) is 0 Å². The van der Waals surface area contributed by atoms with Gasteiger partial charge in [-0.1, -0.05) is 24.2 Å². The van der Waals surface area contributed by atoms with Gasteiger partial charge in [-0.15, -0.1) is 0 Å². The number of nitrogen functional groups attached to an aromatic ring is 1. The minimum atomic E-state index is -4.55. The van der Waals surface area contributed by atoms with Crippen LogP contribution >= 0.6 is 11.6 Å². The highest BCUT2D eigenvalue weighted by Crippen LogP contribution is 2.32. The van der Waals surface area contributed by atoms with E-state index in [0.29, 0.717) is 30.8 Å². The second kappa shape index (κ2) is 13.9. The number of benzene rings is 2. The quantitative estimate of drug-likeness (QED) is 0.199. The van der Waals surface area contributed by atoms with Crippen LogP contribution in [0.3, 0.4) is 0 Å². The number of alkyl halides is 3. The number of carbonyl (C=O) groups excluding carboxylic acids is 1. The molecule has 3 aromatic rings. The number of nitrogens with one attached hydrogen (secondary N) is 2. The Balaban J connectivity index is 1.37. The molecule has 0 aliphatic carbocycles. The first-order chi connectivity index (χ1) is 21.9. The summed E-state index contributed by atoms with van der Waals surface area (Å²) in [5.41, 5.74) is 12.7. The van der Waals surface area contributed by atoms with Crippen LogP contribution in [0.15, 0.2) is 60.2 Å². The van der Waals surface area contributed by atoms with E-state index < -0.39 is 17.6 Å². The summed E-state index contributed by atoms with van der Waals surface area (Å²) in [6, 6.07) is 9.16. The fourth-order valence-electron chi connectivity index (χ4n) is 5.58. The van der Waals surface area contributed by atoms with Crippen molar-refractivity contribution in [3.8, 4) is 0 Å². The van der Waals surface area contributed by atoms with Crippen molar-refractivity contribution in [2.45, 2.75) is 25.1 Å². The summed E-state index contributed by atoms with van der Waals surface area (Å²) in [4.78, 5) is 33.6. The van der Waals surface area contributed by atoms with E-state index in [1.165, 1.54) is 36.5 Å². The van der Waals surface area contributed by atoms with Crippen LogP contribution in [-0.4, -0.2) is 83.9 Å². The van der Waals surface area contributed by atoms with Gasteiger partial charge in [-0.2, -0.15) is 18.2 Å². The zero-order valence-corrected chi connectivity index (χ0v) is 26.1. The van der Waals surface area contributed by atoms with Gasteiger partial charge in [0.15, 0.2) is 11.7 Å². The number of halogens is 4. The minimum absolute atomic E-state index is 0.0179. The van der Waals surface area contributed by atoms with Gasteiger partial charge in [0.1, 0.15) is 11.4 Å². The summed E-state index contributed by atoms with van der Waals surface area (Å²) < 4.78 is 39.4. The third-order valence-corrected chi connectivity index (χ3v) is 8.43. The lowest BCUT2D eigenvalue weighted by Crippen LogP contribution is -2.53. The van der Waals surface area contributed by atoms with Crippen molar-refractivity contribution < 1.29 is 18.0 Å². The molecule has 11 nitrogen and oxygen atoms in total. The molecule has 15 heteroatoms. The summed E-state index contributed by atoms with van der Waals surface area (Å²) >= 11 is 6.41. The van der Waals surface area contributed by atoms with E-state index in [9.17, 15) is 18.0 Å². The Bertz CT molecular complexity index is 1620. The largest absolute Gasteiger partial charge is 0.416 e.